The fourth-order valence-corrected chi connectivity index (χ4v) is 11.9. The Labute approximate surface area is 244 Å². The molecule has 0 saturated heterocycles. The summed E-state index contributed by atoms with van der Waals surface area (Å²) in [5, 5.41) is 0. The molecule has 0 bridgehead atoms. The molecule has 188 valence electrons. The molecule has 0 radical (unpaired) electrons. The van der Waals surface area contributed by atoms with Crippen molar-refractivity contribution in [1.82, 2.24) is 9.80 Å². The second kappa shape index (κ2) is 15.3. The first-order valence-corrected chi connectivity index (χ1v) is 18.4. The molecule has 0 aromatic heterocycles. The summed E-state index contributed by atoms with van der Waals surface area (Å²) in [6.07, 6.45) is 0. The van der Waals surface area contributed by atoms with Gasteiger partial charge in [-0.05, 0) is 0 Å². The molecule has 0 aliphatic carbocycles. The molecule has 0 fully saturated rings. The van der Waals surface area contributed by atoms with Gasteiger partial charge in [-0.3, -0.25) is 0 Å². The fraction of sp³-hybridized carbons (Fsp3) is 0.133. The van der Waals surface area contributed by atoms with Crippen LogP contribution in [0, 0.1) is 0 Å². The molecule has 0 spiro atoms. The van der Waals surface area contributed by atoms with Crippen LogP contribution < -0.4 is 0 Å². The van der Waals surface area contributed by atoms with Crippen LogP contribution in [0.25, 0.3) is 0 Å². The average Bonchev–Trinajstić information content (AvgIpc) is 2.94. The summed E-state index contributed by atoms with van der Waals surface area (Å²) in [7, 11) is 3.50. The van der Waals surface area contributed by atoms with E-state index < -0.39 is 0 Å². The van der Waals surface area contributed by atoms with Crippen LogP contribution in [0.1, 0.15) is 22.3 Å². The Kier molecular flexibility index (Phi) is 11.6. The van der Waals surface area contributed by atoms with Crippen LogP contribution in [-0.4, -0.2) is 31.2 Å². The average molecular weight is 624 g/mol. The van der Waals surface area contributed by atoms with Crippen LogP contribution in [0.2, 0.25) is 0 Å². The normalized spacial score (nSPS) is 10.6. The van der Waals surface area contributed by atoms with Gasteiger partial charge in [0, 0.05) is 0 Å². The molecule has 0 unspecified atom stereocenters. The van der Waals surface area contributed by atoms with E-state index in [-0.39, 0.29) is 12.7 Å². The predicted molar refractivity (Wildman–Crippen MR) is 170 cm³/mol. The van der Waals surface area contributed by atoms with Crippen LogP contribution >= 0.6 is 44.8 Å². The minimum absolute atomic E-state index is 0.130. The van der Waals surface area contributed by atoms with Crippen molar-refractivity contribution in [2.45, 2.75) is 26.2 Å². The summed E-state index contributed by atoms with van der Waals surface area (Å²) >= 11 is 12.0. The van der Waals surface area contributed by atoms with E-state index in [9.17, 15) is 0 Å². The number of rotatable bonds is 10. The first kappa shape index (κ1) is 27.9. The Hall–Kier alpha value is -2.12. The van der Waals surface area contributed by atoms with Gasteiger partial charge in [-0.15, -0.1) is 0 Å². The second-order valence-electron chi connectivity index (χ2n) is 8.42. The SMILES string of the molecule is S=C(S[Se]SC(=S)N(Cc1ccccc1)Cc1ccccc1)N(Cc1ccccc1)Cc1ccccc1. The molecule has 0 saturated carbocycles. The Balaban J connectivity index is 1.38. The van der Waals surface area contributed by atoms with Gasteiger partial charge in [-0.2, -0.15) is 0 Å². The quantitative estimate of drug-likeness (QED) is 0.130. The summed E-state index contributed by atoms with van der Waals surface area (Å²) in [6, 6.07) is 42.1. The Morgan fingerprint density at radius 2 is 0.703 bits per heavy atom. The molecule has 0 atom stereocenters. The Morgan fingerprint density at radius 3 is 0.946 bits per heavy atom. The molecule has 7 heteroatoms. The second-order valence-corrected chi connectivity index (χ2v) is 16.0. The van der Waals surface area contributed by atoms with Crippen molar-refractivity contribution in [2.24, 2.45) is 0 Å². The zero-order valence-electron chi connectivity index (χ0n) is 20.3. The van der Waals surface area contributed by atoms with Gasteiger partial charge in [0.25, 0.3) is 0 Å². The maximum absolute atomic E-state index is 5.94. The van der Waals surface area contributed by atoms with Crippen molar-refractivity contribution in [1.29, 1.82) is 0 Å². The molecule has 4 aromatic rings. The third-order valence-electron chi connectivity index (χ3n) is 5.59. The third kappa shape index (κ3) is 9.60. The molecule has 4 rings (SSSR count). The van der Waals surface area contributed by atoms with E-state index in [0.717, 1.165) is 34.8 Å². The number of hydrogen-bond acceptors (Lipinski definition) is 4. The summed E-state index contributed by atoms with van der Waals surface area (Å²) in [6.45, 7) is 3.17. The first-order chi connectivity index (χ1) is 18.2. The van der Waals surface area contributed by atoms with Crippen molar-refractivity contribution in [2.75, 3.05) is 0 Å². The van der Waals surface area contributed by atoms with E-state index in [1.54, 1.807) is 20.4 Å². The molecule has 2 nitrogen and oxygen atoms in total. The Morgan fingerprint density at radius 1 is 0.459 bits per heavy atom. The topological polar surface area (TPSA) is 6.48 Å². The van der Waals surface area contributed by atoms with Gasteiger partial charge in [-0.25, -0.2) is 0 Å². The molecule has 0 aliphatic rings. The molecule has 0 N–H and O–H groups in total. The van der Waals surface area contributed by atoms with Gasteiger partial charge in [0.2, 0.25) is 0 Å². The summed E-state index contributed by atoms with van der Waals surface area (Å²) in [5.41, 5.74) is 5.03. The molecular formula is C30H28N2S4Se. The van der Waals surface area contributed by atoms with Crippen molar-refractivity contribution in [3.63, 3.8) is 0 Å². The number of hydrogen-bond donors (Lipinski definition) is 0. The van der Waals surface area contributed by atoms with Gasteiger partial charge in [-0.1, -0.05) is 0 Å². The molecular weight excluding hydrogens is 596 g/mol. The fourth-order valence-electron chi connectivity index (χ4n) is 3.77. The van der Waals surface area contributed by atoms with E-state index in [2.05, 4.69) is 131 Å². The standard InChI is InChI=1S/C30H28N2S4Se/c33-29(31(21-25-13-5-1-6-14-25)22-26-15-7-2-8-16-26)35-37-36-30(34)32(23-27-17-9-3-10-18-27)24-28-19-11-4-12-20-28/h1-20H,21-24H2. The van der Waals surface area contributed by atoms with Crippen molar-refractivity contribution in [3.05, 3.63) is 144 Å². The van der Waals surface area contributed by atoms with Crippen LogP contribution in [-0.2, 0) is 26.2 Å². The summed E-state index contributed by atoms with van der Waals surface area (Å²) < 4.78 is 1.83. The Bertz CT molecular complexity index is 1060. The molecule has 37 heavy (non-hydrogen) atoms. The van der Waals surface area contributed by atoms with Crippen LogP contribution in [0.5, 0.6) is 0 Å². The molecule has 4 aromatic carbocycles. The van der Waals surface area contributed by atoms with E-state index in [4.69, 9.17) is 24.4 Å². The van der Waals surface area contributed by atoms with E-state index in [0.29, 0.717) is 0 Å². The predicted octanol–water partition coefficient (Wildman–Crippen LogP) is 7.96. The molecule has 0 aliphatic heterocycles. The minimum atomic E-state index is 0.130. The van der Waals surface area contributed by atoms with E-state index >= 15 is 0 Å². The molecule has 0 amide bonds. The number of thiocarbonyl (C=S) groups is 2. The van der Waals surface area contributed by atoms with Gasteiger partial charge in [0.15, 0.2) is 0 Å². The van der Waals surface area contributed by atoms with E-state index in [1.807, 2.05) is 0 Å². The van der Waals surface area contributed by atoms with Gasteiger partial charge >= 0.3 is 246 Å². The van der Waals surface area contributed by atoms with E-state index in [1.165, 1.54) is 22.3 Å². The van der Waals surface area contributed by atoms with Gasteiger partial charge in [0.1, 0.15) is 0 Å². The number of nitrogens with zero attached hydrogens (tertiary/aromatic N) is 2. The van der Waals surface area contributed by atoms with Gasteiger partial charge < -0.3 is 0 Å². The number of benzene rings is 4. The van der Waals surface area contributed by atoms with Crippen molar-refractivity contribution < 1.29 is 0 Å². The van der Waals surface area contributed by atoms with Crippen LogP contribution in [0.15, 0.2) is 121 Å². The zero-order chi connectivity index (χ0) is 25.7. The third-order valence-corrected chi connectivity index (χ3v) is 13.9. The monoisotopic (exact) mass is 624 g/mol. The van der Waals surface area contributed by atoms with Crippen LogP contribution in [0.3, 0.4) is 0 Å². The van der Waals surface area contributed by atoms with Crippen LogP contribution in [0.4, 0.5) is 0 Å². The zero-order valence-corrected chi connectivity index (χ0v) is 25.3. The first-order valence-electron chi connectivity index (χ1n) is 11.9. The van der Waals surface area contributed by atoms with Crippen molar-refractivity contribution in [3.8, 4) is 0 Å². The summed E-state index contributed by atoms with van der Waals surface area (Å²) in [5.74, 6) is 0. The maximum atomic E-state index is 5.94. The molecule has 0 heterocycles. The van der Waals surface area contributed by atoms with Crippen molar-refractivity contribution >= 4 is 66.2 Å². The summed E-state index contributed by atoms with van der Waals surface area (Å²) in [4.78, 5) is 4.59. The van der Waals surface area contributed by atoms with Gasteiger partial charge in [0.05, 0.1) is 0 Å².